The Morgan fingerprint density at radius 2 is 2.06 bits per heavy atom. The van der Waals surface area contributed by atoms with Crippen molar-refractivity contribution in [1.29, 1.82) is 0 Å². The van der Waals surface area contributed by atoms with Gasteiger partial charge in [-0.1, -0.05) is 0 Å². The maximum atomic E-state index is 11.3. The molecule has 0 spiro atoms. The Bertz CT molecular complexity index is 289. The molecule has 1 aliphatic rings. The number of carboxylic acid groups (broad SMARTS) is 1. The molecule has 0 aliphatic carbocycles. The van der Waals surface area contributed by atoms with Crippen molar-refractivity contribution in [3.63, 3.8) is 0 Å². The Kier molecular flexibility index (Phi) is 4.02. The molecule has 1 aliphatic heterocycles. The first kappa shape index (κ1) is 13.1. The summed E-state index contributed by atoms with van der Waals surface area (Å²) in [5, 5.41) is 8.71. The first-order valence-electron chi connectivity index (χ1n) is 4.97. The van der Waals surface area contributed by atoms with Crippen LogP contribution in [0.5, 0.6) is 0 Å². The molecule has 1 amide bonds. The number of likely N-dealkylation sites (tertiary alicyclic amines) is 1. The minimum atomic E-state index is -4.04. The molecule has 1 rings (SSSR count). The normalized spacial score (nSPS) is 21.6. The number of carbonyl (C=O) groups excluding carboxylic acids is 1. The van der Waals surface area contributed by atoms with E-state index in [1.807, 2.05) is 0 Å². The van der Waals surface area contributed by atoms with Crippen molar-refractivity contribution in [1.82, 2.24) is 4.90 Å². The summed E-state index contributed by atoms with van der Waals surface area (Å²) in [5.74, 6) is -1.91. The highest BCUT2D eigenvalue weighted by atomic mass is 28.4. The van der Waals surface area contributed by atoms with E-state index in [0.717, 1.165) is 0 Å². The van der Waals surface area contributed by atoms with E-state index in [0.29, 0.717) is 0 Å². The van der Waals surface area contributed by atoms with E-state index in [1.54, 1.807) is 0 Å². The van der Waals surface area contributed by atoms with Gasteiger partial charge in [-0.25, -0.2) is 0 Å². The van der Waals surface area contributed by atoms with Crippen molar-refractivity contribution in [2.45, 2.75) is 18.9 Å². The minimum absolute atomic E-state index is 0.00468. The molecule has 0 aromatic heterocycles. The van der Waals surface area contributed by atoms with Crippen LogP contribution in [0.2, 0.25) is 6.04 Å². The van der Waals surface area contributed by atoms with Crippen molar-refractivity contribution in [3.8, 4) is 0 Å². The lowest BCUT2D eigenvalue weighted by molar-refractivity contribution is -0.141. The zero-order valence-corrected chi connectivity index (χ0v) is 9.67. The van der Waals surface area contributed by atoms with Crippen LogP contribution in [-0.2, 0) is 9.59 Å². The molecule has 16 heavy (non-hydrogen) atoms. The van der Waals surface area contributed by atoms with Gasteiger partial charge in [-0.05, 0) is 6.42 Å². The van der Waals surface area contributed by atoms with Gasteiger partial charge in [0.2, 0.25) is 5.91 Å². The van der Waals surface area contributed by atoms with Gasteiger partial charge in [0.15, 0.2) is 0 Å². The lowest BCUT2D eigenvalue weighted by atomic mass is 10.1. The number of aliphatic carboxylic acids is 1. The molecule has 92 valence electrons. The van der Waals surface area contributed by atoms with Crippen LogP contribution in [0.1, 0.15) is 12.8 Å². The largest absolute Gasteiger partial charge is 0.492 e. The fourth-order valence-corrected chi connectivity index (χ4v) is 2.29. The van der Waals surface area contributed by atoms with Crippen molar-refractivity contribution in [2.24, 2.45) is 5.92 Å². The summed E-state index contributed by atoms with van der Waals surface area (Å²) in [7, 11) is -4.04. The van der Waals surface area contributed by atoms with Gasteiger partial charge in [0.05, 0.1) is 5.92 Å². The number of rotatable bonds is 5. The van der Waals surface area contributed by atoms with Crippen molar-refractivity contribution < 1.29 is 29.1 Å². The fraction of sp³-hybridized carbons (Fsp3) is 0.750. The third-order valence-corrected chi connectivity index (χ3v) is 3.53. The summed E-state index contributed by atoms with van der Waals surface area (Å²) < 4.78 is 0. The van der Waals surface area contributed by atoms with Gasteiger partial charge < -0.3 is 24.4 Å². The topological polar surface area (TPSA) is 118 Å². The third kappa shape index (κ3) is 3.89. The highest BCUT2D eigenvalue weighted by Crippen LogP contribution is 2.18. The van der Waals surface area contributed by atoms with Gasteiger partial charge in [0.1, 0.15) is 0 Å². The summed E-state index contributed by atoms with van der Waals surface area (Å²) in [6.07, 6.45) is 0.253. The van der Waals surface area contributed by atoms with E-state index in [-0.39, 0.29) is 37.9 Å². The number of hydrogen-bond donors (Lipinski definition) is 4. The van der Waals surface area contributed by atoms with Gasteiger partial charge in [0, 0.05) is 25.6 Å². The molecule has 8 heteroatoms. The molecule has 1 fully saturated rings. The number of amides is 1. The smallest absolute Gasteiger partial charge is 0.481 e. The average Bonchev–Trinajstić information content (AvgIpc) is 2.46. The Balaban J connectivity index is 2.34. The van der Waals surface area contributed by atoms with Crippen LogP contribution in [0, 0.1) is 5.92 Å². The summed E-state index contributed by atoms with van der Waals surface area (Å²) in [6.45, 7) is 0.407. The second-order valence-corrected chi connectivity index (χ2v) is 6.01. The van der Waals surface area contributed by atoms with Crippen LogP contribution in [0.15, 0.2) is 0 Å². The predicted octanol–water partition coefficient (Wildman–Crippen LogP) is -1.77. The molecule has 1 unspecified atom stereocenters. The van der Waals surface area contributed by atoms with E-state index in [4.69, 9.17) is 19.5 Å². The van der Waals surface area contributed by atoms with E-state index < -0.39 is 20.7 Å². The summed E-state index contributed by atoms with van der Waals surface area (Å²) in [5.41, 5.74) is 0. The van der Waals surface area contributed by atoms with Crippen LogP contribution in [0.4, 0.5) is 0 Å². The number of hydrogen-bond acceptors (Lipinski definition) is 5. The first-order valence-corrected chi connectivity index (χ1v) is 7.02. The van der Waals surface area contributed by atoms with E-state index in [1.165, 1.54) is 4.90 Å². The second-order valence-electron chi connectivity index (χ2n) is 3.96. The van der Waals surface area contributed by atoms with Gasteiger partial charge in [-0.2, -0.15) is 0 Å². The number of nitrogens with zero attached hydrogens (tertiary/aromatic N) is 1. The Morgan fingerprint density at radius 3 is 2.50 bits per heavy atom. The second kappa shape index (κ2) is 4.91. The molecule has 7 nitrogen and oxygen atoms in total. The monoisotopic (exact) mass is 249 g/mol. The van der Waals surface area contributed by atoms with Crippen molar-refractivity contribution >= 4 is 20.7 Å². The maximum Gasteiger partial charge on any atom is 0.492 e. The van der Waals surface area contributed by atoms with Crippen LogP contribution in [0.25, 0.3) is 0 Å². The van der Waals surface area contributed by atoms with E-state index >= 15 is 0 Å². The van der Waals surface area contributed by atoms with Gasteiger partial charge in [0.25, 0.3) is 0 Å². The lowest BCUT2D eigenvalue weighted by Crippen LogP contribution is -2.36. The fourth-order valence-electron chi connectivity index (χ4n) is 1.66. The molecule has 4 N–H and O–H groups in total. The molecular weight excluding hydrogens is 234 g/mol. The standard InChI is InChI=1S/C8H15NO6Si/c10-7-4-6(8(11)12)5-9(7)2-1-3-16(13,14)15/h6,13-15H,1-5H2,(H,11,12). The Morgan fingerprint density at radius 1 is 1.44 bits per heavy atom. The van der Waals surface area contributed by atoms with Gasteiger partial charge >= 0.3 is 14.8 Å². The van der Waals surface area contributed by atoms with Crippen LogP contribution in [0.3, 0.4) is 0 Å². The average molecular weight is 249 g/mol. The Labute approximate surface area is 93.3 Å². The highest BCUT2D eigenvalue weighted by Gasteiger charge is 2.34. The minimum Gasteiger partial charge on any atom is -0.481 e. The zero-order chi connectivity index (χ0) is 12.3. The molecule has 1 atom stereocenters. The molecule has 0 saturated carbocycles. The molecule has 0 aromatic carbocycles. The molecule has 0 radical (unpaired) electrons. The van der Waals surface area contributed by atoms with Crippen LogP contribution >= 0.6 is 0 Å². The van der Waals surface area contributed by atoms with E-state index in [9.17, 15) is 9.59 Å². The van der Waals surface area contributed by atoms with E-state index in [2.05, 4.69) is 0 Å². The first-order chi connectivity index (χ1) is 7.29. The molecule has 0 bridgehead atoms. The summed E-state index contributed by atoms with van der Waals surface area (Å²) >= 11 is 0. The predicted molar refractivity (Wildman–Crippen MR) is 54.2 cm³/mol. The Hall–Kier alpha value is -0.963. The van der Waals surface area contributed by atoms with Gasteiger partial charge in [-0.15, -0.1) is 0 Å². The van der Waals surface area contributed by atoms with Crippen LogP contribution < -0.4 is 0 Å². The molecule has 1 heterocycles. The van der Waals surface area contributed by atoms with Gasteiger partial charge in [-0.3, -0.25) is 9.59 Å². The number of carboxylic acids is 1. The summed E-state index contributed by atoms with van der Waals surface area (Å²) in [6, 6.07) is -0.144. The van der Waals surface area contributed by atoms with Crippen molar-refractivity contribution in [2.75, 3.05) is 13.1 Å². The lowest BCUT2D eigenvalue weighted by Gasteiger charge is -2.16. The number of carbonyl (C=O) groups is 2. The van der Waals surface area contributed by atoms with Crippen LogP contribution in [-0.4, -0.2) is 58.2 Å². The molecule has 0 aromatic rings. The SMILES string of the molecule is O=C(O)C1CC(=O)N(CCC[Si](O)(O)O)C1. The molecule has 1 saturated heterocycles. The maximum absolute atomic E-state index is 11.3. The highest BCUT2D eigenvalue weighted by molar-refractivity contribution is 6.56. The zero-order valence-electron chi connectivity index (χ0n) is 8.67. The third-order valence-electron chi connectivity index (χ3n) is 2.50. The van der Waals surface area contributed by atoms with Crippen molar-refractivity contribution in [3.05, 3.63) is 0 Å². The summed E-state index contributed by atoms with van der Waals surface area (Å²) in [4.78, 5) is 49.6. The quantitative estimate of drug-likeness (QED) is 0.428. The molecular formula is C8H15NO6Si.